The molecule has 3 rings (SSSR count). The van der Waals surface area contributed by atoms with Gasteiger partial charge in [-0.1, -0.05) is 42.5 Å². The van der Waals surface area contributed by atoms with Crippen molar-refractivity contribution in [3.8, 4) is 0 Å². The van der Waals surface area contributed by atoms with E-state index in [1.54, 1.807) is 18.2 Å². The standard InChI is InChI=1S/C22H20N2O4S/c1-15(25)23-18-10-5-9-17(13-18)22(27)28-14-20(26)24-21(19-11-6-12-29-19)16-7-3-2-4-8-16/h2-13,21H,14H2,1H3,(H,23,25)(H,24,26)/t21-/m1/s1. The molecule has 0 radical (unpaired) electrons. The van der Waals surface area contributed by atoms with Crippen LogP contribution in [0.25, 0.3) is 0 Å². The minimum Gasteiger partial charge on any atom is -0.452 e. The van der Waals surface area contributed by atoms with Crippen molar-refractivity contribution < 1.29 is 19.1 Å². The van der Waals surface area contributed by atoms with Gasteiger partial charge in [-0.25, -0.2) is 4.79 Å². The van der Waals surface area contributed by atoms with Crippen molar-refractivity contribution in [2.45, 2.75) is 13.0 Å². The SMILES string of the molecule is CC(=O)Nc1cccc(C(=O)OCC(=O)N[C@H](c2ccccc2)c2cccs2)c1. The average molecular weight is 408 g/mol. The summed E-state index contributed by atoms with van der Waals surface area (Å²) >= 11 is 1.54. The number of esters is 1. The zero-order valence-corrected chi connectivity index (χ0v) is 16.6. The molecule has 3 aromatic rings. The molecule has 0 unspecified atom stereocenters. The summed E-state index contributed by atoms with van der Waals surface area (Å²) in [4.78, 5) is 36.8. The molecular weight excluding hydrogens is 388 g/mol. The summed E-state index contributed by atoms with van der Waals surface area (Å²) in [5, 5.41) is 7.46. The predicted octanol–water partition coefficient (Wildman–Crippen LogP) is 3.77. The molecule has 29 heavy (non-hydrogen) atoms. The molecule has 0 saturated carbocycles. The Kier molecular flexibility index (Phi) is 6.76. The van der Waals surface area contributed by atoms with Gasteiger partial charge in [-0.3, -0.25) is 9.59 Å². The topological polar surface area (TPSA) is 84.5 Å². The molecule has 2 N–H and O–H groups in total. The quantitative estimate of drug-likeness (QED) is 0.583. The summed E-state index contributed by atoms with van der Waals surface area (Å²) < 4.78 is 5.14. The van der Waals surface area contributed by atoms with Crippen LogP contribution in [0.5, 0.6) is 0 Å². The number of nitrogens with one attached hydrogen (secondary N) is 2. The van der Waals surface area contributed by atoms with Gasteiger partial charge in [-0.2, -0.15) is 0 Å². The second kappa shape index (κ2) is 9.66. The van der Waals surface area contributed by atoms with Crippen LogP contribution >= 0.6 is 11.3 Å². The number of thiophene rings is 1. The maximum absolute atomic E-state index is 12.4. The van der Waals surface area contributed by atoms with Gasteiger partial charge in [0.2, 0.25) is 5.91 Å². The highest BCUT2D eigenvalue weighted by Crippen LogP contribution is 2.25. The Morgan fingerprint density at radius 2 is 1.79 bits per heavy atom. The van der Waals surface area contributed by atoms with Gasteiger partial charge in [0.1, 0.15) is 0 Å². The van der Waals surface area contributed by atoms with Gasteiger partial charge in [-0.05, 0) is 35.2 Å². The fraction of sp³-hybridized carbons (Fsp3) is 0.136. The molecule has 0 bridgehead atoms. The van der Waals surface area contributed by atoms with E-state index in [1.165, 1.54) is 24.3 Å². The highest BCUT2D eigenvalue weighted by Gasteiger charge is 2.19. The Hall–Kier alpha value is -3.45. The predicted molar refractivity (Wildman–Crippen MR) is 112 cm³/mol. The molecule has 148 valence electrons. The molecule has 7 heteroatoms. The van der Waals surface area contributed by atoms with E-state index < -0.39 is 18.5 Å². The Morgan fingerprint density at radius 3 is 2.48 bits per heavy atom. The van der Waals surface area contributed by atoms with Gasteiger partial charge < -0.3 is 15.4 Å². The van der Waals surface area contributed by atoms with Crippen LogP contribution in [0.15, 0.2) is 72.1 Å². The zero-order chi connectivity index (χ0) is 20.6. The van der Waals surface area contributed by atoms with Crippen LogP contribution in [-0.2, 0) is 14.3 Å². The molecule has 2 aromatic carbocycles. The number of hydrogen-bond donors (Lipinski definition) is 2. The first-order chi connectivity index (χ1) is 14.0. The van der Waals surface area contributed by atoms with Crippen molar-refractivity contribution in [1.29, 1.82) is 0 Å². The first-order valence-electron chi connectivity index (χ1n) is 8.95. The summed E-state index contributed by atoms with van der Waals surface area (Å²) in [6.07, 6.45) is 0. The van der Waals surface area contributed by atoms with Crippen molar-refractivity contribution >= 4 is 34.8 Å². The summed E-state index contributed by atoms with van der Waals surface area (Å²) in [5.41, 5.74) is 1.68. The van der Waals surface area contributed by atoms with Crippen LogP contribution < -0.4 is 10.6 Å². The van der Waals surface area contributed by atoms with Gasteiger partial charge in [0.05, 0.1) is 11.6 Å². The van der Waals surface area contributed by atoms with Crippen molar-refractivity contribution in [1.82, 2.24) is 5.32 Å². The maximum atomic E-state index is 12.4. The van der Waals surface area contributed by atoms with Crippen LogP contribution in [0.2, 0.25) is 0 Å². The van der Waals surface area contributed by atoms with E-state index in [9.17, 15) is 14.4 Å². The van der Waals surface area contributed by atoms with Gasteiger partial charge in [-0.15, -0.1) is 11.3 Å². The van der Waals surface area contributed by atoms with Gasteiger partial charge in [0.15, 0.2) is 6.61 Å². The van der Waals surface area contributed by atoms with E-state index in [2.05, 4.69) is 10.6 Å². The third-order valence-corrected chi connectivity index (χ3v) is 4.96. The smallest absolute Gasteiger partial charge is 0.338 e. The molecule has 0 fully saturated rings. The van der Waals surface area contributed by atoms with E-state index in [0.717, 1.165) is 10.4 Å². The number of anilines is 1. The second-order valence-electron chi connectivity index (χ2n) is 6.26. The molecule has 1 heterocycles. The van der Waals surface area contributed by atoms with E-state index in [0.29, 0.717) is 5.69 Å². The molecule has 0 aliphatic rings. The fourth-order valence-corrected chi connectivity index (χ4v) is 3.57. The molecule has 0 spiro atoms. The second-order valence-corrected chi connectivity index (χ2v) is 7.24. The lowest BCUT2D eigenvalue weighted by atomic mass is 10.1. The average Bonchev–Trinajstić information content (AvgIpc) is 3.25. The first-order valence-corrected chi connectivity index (χ1v) is 9.83. The number of carbonyl (C=O) groups is 3. The van der Waals surface area contributed by atoms with Crippen molar-refractivity contribution in [3.05, 3.63) is 88.1 Å². The van der Waals surface area contributed by atoms with Crippen LogP contribution in [-0.4, -0.2) is 24.4 Å². The summed E-state index contributed by atoms with van der Waals surface area (Å²) in [6.45, 7) is 0.976. The third-order valence-electron chi connectivity index (χ3n) is 4.02. The lowest BCUT2D eigenvalue weighted by Gasteiger charge is -2.18. The van der Waals surface area contributed by atoms with Crippen molar-refractivity contribution in [2.75, 3.05) is 11.9 Å². The number of benzene rings is 2. The molecule has 2 amide bonds. The summed E-state index contributed by atoms with van der Waals surface area (Å²) in [6, 6.07) is 19.5. The van der Waals surface area contributed by atoms with Gasteiger partial charge in [0.25, 0.3) is 5.91 Å². The van der Waals surface area contributed by atoms with E-state index in [-0.39, 0.29) is 17.5 Å². The highest BCUT2D eigenvalue weighted by molar-refractivity contribution is 7.10. The Balaban J connectivity index is 1.62. The lowest BCUT2D eigenvalue weighted by Crippen LogP contribution is -2.32. The number of hydrogen-bond acceptors (Lipinski definition) is 5. The van der Waals surface area contributed by atoms with Crippen molar-refractivity contribution in [3.63, 3.8) is 0 Å². The molecule has 0 aliphatic heterocycles. The van der Waals surface area contributed by atoms with E-state index in [4.69, 9.17) is 4.74 Å². The molecule has 6 nitrogen and oxygen atoms in total. The molecule has 1 aromatic heterocycles. The summed E-state index contributed by atoms with van der Waals surface area (Å²) in [5.74, 6) is -1.28. The zero-order valence-electron chi connectivity index (χ0n) is 15.8. The van der Waals surface area contributed by atoms with Crippen LogP contribution in [0.4, 0.5) is 5.69 Å². The summed E-state index contributed by atoms with van der Waals surface area (Å²) in [7, 11) is 0. The number of carbonyl (C=O) groups excluding carboxylic acids is 3. The van der Waals surface area contributed by atoms with Crippen LogP contribution in [0.3, 0.4) is 0 Å². The third kappa shape index (κ3) is 5.76. The Bertz CT molecular complexity index is 987. The highest BCUT2D eigenvalue weighted by atomic mass is 32.1. The van der Waals surface area contributed by atoms with Crippen LogP contribution in [0, 0.1) is 0 Å². The fourth-order valence-electron chi connectivity index (χ4n) is 2.76. The largest absolute Gasteiger partial charge is 0.452 e. The Morgan fingerprint density at radius 1 is 1.00 bits per heavy atom. The van der Waals surface area contributed by atoms with E-state index in [1.807, 2.05) is 47.8 Å². The monoisotopic (exact) mass is 408 g/mol. The maximum Gasteiger partial charge on any atom is 0.338 e. The van der Waals surface area contributed by atoms with E-state index >= 15 is 0 Å². The Labute approximate surface area is 172 Å². The minimum atomic E-state index is -0.639. The molecule has 0 saturated heterocycles. The normalized spacial score (nSPS) is 11.3. The molecule has 0 aliphatic carbocycles. The number of ether oxygens (including phenoxy) is 1. The molecular formula is C22H20N2O4S. The van der Waals surface area contributed by atoms with Gasteiger partial charge >= 0.3 is 5.97 Å². The lowest BCUT2D eigenvalue weighted by molar-refractivity contribution is -0.124. The number of rotatable bonds is 7. The van der Waals surface area contributed by atoms with Gasteiger partial charge in [0, 0.05) is 17.5 Å². The number of amides is 2. The van der Waals surface area contributed by atoms with Crippen LogP contribution in [0.1, 0.15) is 33.8 Å². The molecule has 1 atom stereocenters. The van der Waals surface area contributed by atoms with Crippen molar-refractivity contribution in [2.24, 2.45) is 0 Å². The minimum absolute atomic E-state index is 0.240. The first kappa shape index (κ1) is 20.3.